The predicted octanol–water partition coefficient (Wildman–Crippen LogP) is 5.38. The third-order valence-corrected chi connectivity index (χ3v) is 3.42. The van der Waals surface area contributed by atoms with Crippen molar-refractivity contribution in [2.75, 3.05) is 19.0 Å². The average Bonchev–Trinajstić information content (AvgIpc) is 2.45. The summed E-state index contributed by atoms with van der Waals surface area (Å²) in [5, 5.41) is 9.18. The Hall–Kier alpha value is -1.87. The van der Waals surface area contributed by atoms with Crippen LogP contribution in [0, 0.1) is 0 Å². The molecule has 0 spiro atoms. The normalized spacial score (nSPS) is 11.0. The summed E-state index contributed by atoms with van der Waals surface area (Å²) in [6.45, 7) is 2.08. The van der Waals surface area contributed by atoms with Gasteiger partial charge in [0, 0.05) is 24.8 Å². The standard InChI is InChI=1S/C16H18ClN3/c1-4-12-5-6-14(11-16(12)17)19-18-13-7-9-15(10-8-13)20(2)3/h5-11H,4H2,1-3H3. The molecule has 4 heteroatoms. The second-order valence-corrected chi connectivity index (χ2v) is 5.15. The highest BCUT2D eigenvalue weighted by Crippen LogP contribution is 2.25. The minimum Gasteiger partial charge on any atom is -0.378 e. The zero-order chi connectivity index (χ0) is 14.5. The summed E-state index contributed by atoms with van der Waals surface area (Å²) in [6.07, 6.45) is 0.919. The van der Waals surface area contributed by atoms with Gasteiger partial charge in [-0.1, -0.05) is 24.6 Å². The Morgan fingerprint density at radius 2 is 1.55 bits per heavy atom. The van der Waals surface area contributed by atoms with E-state index >= 15 is 0 Å². The van der Waals surface area contributed by atoms with Crippen LogP contribution in [0.25, 0.3) is 0 Å². The summed E-state index contributed by atoms with van der Waals surface area (Å²) < 4.78 is 0. The molecule has 0 N–H and O–H groups in total. The molecule has 0 heterocycles. The molecule has 0 bridgehead atoms. The molecule has 0 amide bonds. The fourth-order valence-corrected chi connectivity index (χ4v) is 2.13. The van der Waals surface area contributed by atoms with Crippen LogP contribution in [-0.2, 0) is 6.42 Å². The third-order valence-electron chi connectivity index (χ3n) is 3.06. The SMILES string of the molecule is CCc1ccc(N=Nc2ccc(N(C)C)cc2)cc1Cl. The van der Waals surface area contributed by atoms with Crippen molar-refractivity contribution in [2.45, 2.75) is 13.3 Å². The number of azo groups is 1. The van der Waals surface area contributed by atoms with E-state index in [0.29, 0.717) is 0 Å². The van der Waals surface area contributed by atoms with Gasteiger partial charge < -0.3 is 4.90 Å². The molecule has 2 rings (SSSR count). The van der Waals surface area contributed by atoms with Crippen molar-refractivity contribution in [1.29, 1.82) is 0 Å². The van der Waals surface area contributed by atoms with E-state index in [1.165, 1.54) is 0 Å². The molecule has 0 fully saturated rings. The van der Waals surface area contributed by atoms with Crippen molar-refractivity contribution < 1.29 is 0 Å². The van der Waals surface area contributed by atoms with Gasteiger partial charge in [-0.25, -0.2) is 0 Å². The van der Waals surface area contributed by atoms with Gasteiger partial charge in [0.05, 0.1) is 11.4 Å². The summed E-state index contributed by atoms with van der Waals surface area (Å²) in [5.74, 6) is 0. The number of hydrogen-bond acceptors (Lipinski definition) is 3. The number of benzene rings is 2. The molecule has 0 aliphatic rings. The molecule has 0 saturated heterocycles. The molecule has 0 unspecified atom stereocenters. The summed E-state index contributed by atoms with van der Waals surface area (Å²) in [6, 6.07) is 13.7. The molecule has 2 aromatic carbocycles. The molecule has 0 aromatic heterocycles. The lowest BCUT2D eigenvalue weighted by atomic mass is 10.1. The zero-order valence-corrected chi connectivity index (χ0v) is 12.7. The quantitative estimate of drug-likeness (QED) is 0.693. The first-order valence-corrected chi connectivity index (χ1v) is 6.95. The maximum absolute atomic E-state index is 6.16. The Labute approximate surface area is 124 Å². The van der Waals surface area contributed by atoms with Gasteiger partial charge >= 0.3 is 0 Å². The summed E-state index contributed by atoms with van der Waals surface area (Å²) in [4.78, 5) is 2.05. The second-order valence-electron chi connectivity index (χ2n) is 4.74. The average molecular weight is 288 g/mol. The Balaban J connectivity index is 2.14. The minimum atomic E-state index is 0.743. The van der Waals surface area contributed by atoms with E-state index in [1.807, 2.05) is 61.5 Å². The molecular formula is C16H18ClN3. The molecule has 0 atom stereocenters. The van der Waals surface area contributed by atoms with Gasteiger partial charge in [-0.3, -0.25) is 0 Å². The molecule has 3 nitrogen and oxygen atoms in total. The van der Waals surface area contributed by atoms with E-state index < -0.39 is 0 Å². The van der Waals surface area contributed by atoms with Crippen molar-refractivity contribution in [2.24, 2.45) is 10.2 Å². The number of aryl methyl sites for hydroxylation is 1. The first-order chi connectivity index (χ1) is 9.60. The van der Waals surface area contributed by atoms with E-state index in [0.717, 1.165) is 34.1 Å². The Morgan fingerprint density at radius 1 is 0.950 bits per heavy atom. The van der Waals surface area contributed by atoms with Crippen LogP contribution in [-0.4, -0.2) is 14.1 Å². The Morgan fingerprint density at radius 3 is 2.10 bits per heavy atom. The number of halogens is 1. The van der Waals surface area contributed by atoms with Crippen LogP contribution in [0.1, 0.15) is 12.5 Å². The molecule has 0 saturated carbocycles. The molecule has 20 heavy (non-hydrogen) atoms. The van der Waals surface area contributed by atoms with Gasteiger partial charge in [-0.15, -0.1) is 0 Å². The first kappa shape index (κ1) is 14.5. The van der Waals surface area contributed by atoms with Gasteiger partial charge in [0.2, 0.25) is 0 Å². The van der Waals surface area contributed by atoms with Crippen LogP contribution < -0.4 is 4.90 Å². The highest BCUT2D eigenvalue weighted by molar-refractivity contribution is 6.31. The van der Waals surface area contributed by atoms with Crippen molar-refractivity contribution in [1.82, 2.24) is 0 Å². The van der Waals surface area contributed by atoms with Gasteiger partial charge in [0.1, 0.15) is 0 Å². The van der Waals surface area contributed by atoms with E-state index in [1.54, 1.807) is 0 Å². The van der Waals surface area contributed by atoms with Crippen molar-refractivity contribution in [3.63, 3.8) is 0 Å². The Bertz CT molecular complexity index is 604. The lowest BCUT2D eigenvalue weighted by Gasteiger charge is -2.11. The van der Waals surface area contributed by atoms with Crippen LogP contribution in [0.15, 0.2) is 52.7 Å². The summed E-state index contributed by atoms with van der Waals surface area (Å²) in [5.41, 5.74) is 3.86. The summed E-state index contributed by atoms with van der Waals surface area (Å²) >= 11 is 6.16. The second kappa shape index (κ2) is 6.53. The number of nitrogens with zero attached hydrogens (tertiary/aromatic N) is 3. The van der Waals surface area contributed by atoms with Gasteiger partial charge in [0.15, 0.2) is 0 Å². The highest BCUT2D eigenvalue weighted by atomic mass is 35.5. The number of rotatable bonds is 4. The highest BCUT2D eigenvalue weighted by Gasteiger charge is 1.99. The predicted molar refractivity (Wildman–Crippen MR) is 85.8 cm³/mol. The maximum atomic E-state index is 6.16. The van der Waals surface area contributed by atoms with E-state index in [9.17, 15) is 0 Å². The van der Waals surface area contributed by atoms with Crippen LogP contribution in [0.3, 0.4) is 0 Å². The number of hydrogen-bond donors (Lipinski definition) is 0. The largest absolute Gasteiger partial charge is 0.378 e. The lowest BCUT2D eigenvalue weighted by Crippen LogP contribution is -2.07. The van der Waals surface area contributed by atoms with Crippen LogP contribution in [0.5, 0.6) is 0 Å². The van der Waals surface area contributed by atoms with Crippen molar-refractivity contribution >= 4 is 28.7 Å². The topological polar surface area (TPSA) is 28.0 Å². The monoisotopic (exact) mass is 287 g/mol. The van der Waals surface area contributed by atoms with Crippen LogP contribution in [0.4, 0.5) is 17.1 Å². The van der Waals surface area contributed by atoms with E-state index in [-0.39, 0.29) is 0 Å². The maximum Gasteiger partial charge on any atom is 0.0872 e. The fourth-order valence-electron chi connectivity index (χ4n) is 1.82. The molecule has 2 aromatic rings. The fraction of sp³-hybridized carbons (Fsp3) is 0.250. The molecular weight excluding hydrogens is 270 g/mol. The first-order valence-electron chi connectivity index (χ1n) is 6.57. The Kier molecular flexibility index (Phi) is 4.74. The van der Waals surface area contributed by atoms with E-state index in [2.05, 4.69) is 17.2 Å². The minimum absolute atomic E-state index is 0.743. The van der Waals surface area contributed by atoms with Crippen LogP contribution in [0.2, 0.25) is 5.02 Å². The lowest BCUT2D eigenvalue weighted by molar-refractivity contribution is 1.13. The van der Waals surface area contributed by atoms with Crippen molar-refractivity contribution in [3.8, 4) is 0 Å². The third kappa shape index (κ3) is 3.58. The van der Waals surface area contributed by atoms with Gasteiger partial charge in [-0.2, -0.15) is 10.2 Å². The molecule has 104 valence electrons. The van der Waals surface area contributed by atoms with E-state index in [4.69, 9.17) is 11.6 Å². The number of anilines is 1. The van der Waals surface area contributed by atoms with Gasteiger partial charge in [-0.05, 0) is 48.4 Å². The molecule has 0 aliphatic carbocycles. The molecule has 0 radical (unpaired) electrons. The molecule has 0 aliphatic heterocycles. The van der Waals surface area contributed by atoms with Crippen molar-refractivity contribution in [3.05, 3.63) is 53.1 Å². The van der Waals surface area contributed by atoms with Gasteiger partial charge in [0.25, 0.3) is 0 Å². The van der Waals surface area contributed by atoms with Crippen LogP contribution >= 0.6 is 11.6 Å². The zero-order valence-electron chi connectivity index (χ0n) is 12.0. The smallest absolute Gasteiger partial charge is 0.0872 e. The summed E-state index contributed by atoms with van der Waals surface area (Å²) in [7, 11) is 4.02.